The molecule has 0 aliphatic heterocycles. The Morgan fingerprint density at radius 3 is 2.08 bits per heavy atom. The van der Waals surface area contributed by atoms with E-state index in [1.807, 2.05) is 7.05 Å². The van der Waals surface area contributed by atoms with Gasteiger partial charge in [0, 0.05) is 46.2 Å². The van der Waals surface area contributed by atoms with Gasteiger partial charge in [-0.1, -0.05) is 24.3 Å². The van der Waals surface area contributed by atoms with Crippen molar-refractivity contribution in [2.24, 2.45) is 14.1 Å². The number of aryl methyl sites for hydroxylation is 2. The molecule has 0 atom stereocenters. The van der Waals surface area contributed by atoms with Crippen molar-refractivity contribution in [3.8, 4) is 0 Å². The lowest BCUT2D eigenvalue weighted by Gasteiger charge is -2.08. The van der Waals surface area contributed by atoms with Crippen LogP contribution < -0.4 is 31.9 Å². The predicted molar refractivity (Wildman–Crippen MR) is 186 cm³/mol. The first kappa shape index (κ1) is 36.7. The van der Waals surface area contributed by atoms with Crippen LogP contribution in [0.15, 0.2) is 61.1 Å². The van der Waals surface area contributed by atoms with Gasteiger partial charge in [-0.25, -0.2) is 4.79 Å². The highest BCUT2D eigenvalue weighted by molar-refractivity contribution is 6.07. The first-order valence-electron chi connectivity index (χ1n) is 15.8. The second-order valence-corrected chi connectivity index (χ2v) is 11.5. The van der Waals surface area contributed by atoms with Gasteiger partial charge >= 0.3 is 5.97 Å². The molecule has 0 radical (unpaired) electrons. The number of aromatic amines is 1. The molecule has 0 saturated heterocycles. The third kappa shape index (κ3) is 10.7. The summed E-state index contributed by atoms with van der Waals surface area (Å²) in [6.45, 7) is 2.59. The molecule has 264 valence electrons. The number of H-pyrrole nitrogens is 1. The van der Waals surface area contributed by atoms with E-state index in [9.17, 15) is 28.8 Å². The van der Waals surface area contributed by atoms with Crippen LogP contribution in [-0.2, 0) is 46.2 Å². The second-order valence-electron chi connectivity index (χ2n) is 11.5. The van der Waals surface area contributed by atoms with Crippen LogP contribution in [0.4, 0.5) is 17.1 Å². The van der Waals surface area contributed by atoms with E-state index in [4.69, 9.17) is 4.74 Å². The van der Waals surface area contributed by atoms with Crippen molar-refractivity contribution in [3.63, 3.8) is 0 Å². The van der Waals surface area contributed by atoms with Crippen molar-refractivity contribution >= 4 is 52.6 Å². The Kier molecular flexibility index (Phi) is 12.7. The monoisotopic (exact) mass is 687 g/mol. The summed E-state index contributed by atoms with van der Waals surface area (Å²) in [7, 11) is 5.15. The number of carbonyl (C=O) groups is 6. The van der Waals surface area contributed by atoms with E-state index in [2.05, 4.69) is 36.9 Å². The number of anilines is 3. The van der Waals surface area contributed by atoms with E-state index in [0.717, 1.165) is 18.5 Å². The Balaban J connectivity index is 1.23. The number of carbonyl (C=O) groups excluding carboxylic acids is 6. The molecular weight excluding hydrogens is 646 g/mol. The van der Waals surface area contributed by atoms with Crippen LogP contribution in [0.5, 0.6) is 0 Å². The van der Waals surface area contributed by atoms with Gasteiger partial charge in [0.05, 0.1) is 30.0 Å². The zero-order valence-corrected chi connectivity index (χ0v) is 28.3. The summed E-state index contributed by atoms with van der Waals surface area (Å²) in [4.78, 5) is 76.7. The van der Waals surface area contributed by atoms with Crippen LogP contribution in [-0.4, -0.2) is 76.3 Å². The Morgan fingerprint density at radius 2 is 1.38 bits per heavy atom. The number of aromatic nitrogens is 3. The molecule has 3 aromatic heterocycles. The fourth-order valence-electron chi connectivity index (χ4n) is 4.85. The number of nitrogens with one attached hydrogen (secondary N) is 7. The number of ether oxygens (including phenoxy) is 1. The molecular formula is C34H41N9O7. The molecule has 7 N–H and O–H groups in total. The van der Waals surface area contributed by atoms with E-state index < -0.39 is 17.8 Å². The molecule has 5 amide bonds. The van der Waals surface area contributed by atoms with Crippen molar-refractivity contribution in [3.05, 3.63) is 89.3 Å². The zero-order valence-electron chi connectivity index (χ0n) is 28.3. The smallest absolute Gasteiger partial charge is 0.355 e. The molecule has 0 aliphatic carbocycles. The van der Waals surface area contributed by atoms with E-state index in [-0.39, 0.29) is 48.7 Å². The lowest BCUT2D eigenvalue weighted by Crippen LogP contribution is -2.38. The third-order valence-corrected chi connectivity index (χ3v) is 7.34. The van der Waals surface area contributed by atoms with Gasteiger partial charge in [0.2, 0.25) is 17.7 Å². The fraction of sp³-hybridized carbons (Fsp3) is 0.294. The SMILES string of the molecule is CNCCCNC(=O)CNC(=O)Cc1ccc(COC(=O)c2cc(NC(=O)c3cc(NC(=O)c4cc(NC(C)=O)cn4C)c[nH]3)cn2C)cc1. The van der Waals surface area contributed by atoms with E-state index in [1.54, 1.807) is 55.3 Å². The van der Waals surface area contributed by atoms with Crippen LogP contribution >= 0.6 is 0 Å². The van der Waals surface area contributed by atoms with E-state index in [1.165, 1.54) is 35.9 Å². The van der Waals surface area contributed by atoms with Crippen molar-refractivity contribution in [1.29, 1.82) is 0 Å². The van der Waals surface area contributed by atoms with Gasteiger partial charge in [-0.2, -0.15) is 0 Å². The highest BCUT2D eigenvalue weighted by Gasteiger charge is 2.18. The minimum atomic E-state index is -0.604. The number of rotatable bonds is 16. The molecule has 0 bridgehead atoms. The predicted octanol–water partition coefficient (Wildman–Crippen LogP) is 1.90. The molecule has 0 aliphatic rings. The first-order chi connectivity index (χ1) is 23.9. The maximum atomic E-state index is 12.9. The van der Waals surface area contributed by atoms with Crippen molar-refractivity contribution in [2.45, 2.75) is 26.4 Å². The van der Waals surface area contributed by atoms with Crippen LogP contribution in [0.25, 0.3) is 0 Å². The first-order valence-corrected chi connectivity index (χ1v) is 15.8. The highest BCUT2D eigenvalue weighted by Crippen LogP contribution is 2.19. The highest BCUT2D eigenvalue weighted by atomic mass is 16.5. The molecule has 4 aromatic rings. The Hall–Kier alpha value is -6.16. The summed E-state index contributed by atoms with van der Waals surface area (Å²) >= 11 is 0. The minimum absolute atomic E-state index is 0.0137. The lowest BCUT2D eigenvalue weighted by molar-refractivity contribution is -0.125. The number of benzene rings is 1. The Bertz CT molecular complexity index is 1850. The van der Waals surface area contributed by atoms with Gasteiger partial charge in [-0.15, -0.1) is 0 Å². The summed E-state index contributed by atoms with van der Waals surface area (Å²) in [5, 5.41) is 16.4. The average molecular weight is 688 g/mol. The maximum Gasteiger partial charge on any atom is 0.355 e. The maximum absolute atomic E-state index is 12.9. The molecule has 0 spiro atoms. The standard InChI is InChI=1S/C34H41N9O7/c1-21(44)39-25-14-28(42(3)18-25)33(48)40-24-13-27(37-16-24)32(47)41-26-15-29(43(4)19-26)34(49)50-20-23-8-6-22(7-9-23)12-30(45)38-17-31(46)36-11-5-10-35-2/h6-9,13-16,18-19,35,37H,5,10-12,17,20H2,1-4H3,(H,36,46)(H,38,45)(H,39,44)(H,40,48)(H,41,47). The molecule has 16 heteroatoms. The summed E-state index contributed by atoms with van der Waals surface area (Å²) in [6, 6.07) is 11.5. The van der Waals surface area contributed by atoms with Crippen LogP contribution in [0.2, 0.25) is 0 Å². The number of esters is 1. The quantitative estimate of drug-likeness (QED) is 0.0682. The third-order valence-electron chi connectivity index (χ3n) is 7.34. The number of nitrogens with zero attached hydrogens (tertiary/aromatic N) is 2. The largest absolute Gasteiger partial charge is 0.456 e. The summed E-state index contributed by atoms with van der Waals surface area (Å²) in [5.74, 6) is -2.33. The molecule has 1 aromatic carbocycles. The zero-order chi connectivity index (χ0) is 36.2. The summed E-state index contributed by atoms with van der Waals surface area (Å²) in [5.41, 5.74) is 3.31. The summed E-state index contributed by atoms with van der Waals surface area (Å²) in [6.07, 6.45) is 5.53. The molecule has 4 rings (SSSR count). The molecule has 0 unspecified atom stereocenters. The number of amides is 5. The Morgan fingerprint density at radius 1 is 0.740 bits per heavy atom. The molecule has 50 heavy (non-hydrogen) atoms. The normalized spacial score (nSPS) is 10.6. The molecule has 3 heterocycles. The van der Waals surface area contributed by atoms with Gasteiger partial charge in [0.25, 0.3) is 11.8 Å². The average Bonchev–Trinajstić information content (AvgIpc) is 3.79. The van der Waals surface area contributed by atoms with Crippen molar-refractivity contribution in [1.82, 2.24) is 30.1 Å². The fourth-order valence-corrected chi connectivity index (χ4v) is 4.85. The van der Waals surface area contributed by atoms with Gasteiger partial charge in [0.15, 0.2) is 0 Å². The van der Waals surface area contributed by atoms with Crippen molar-refractivity contribution < 1.29 is 33.5 Å². The van der Waals surface area contributed by atoms with Gasteiger partial charge in [0.1, 0.15) is 23.7 Å². The lowest BCUT2D eigenvalue weighted by atomic mass is 10.1. The van der Waals surface area contributed by atoms with Crippen LogP contribution in [0, 0.1) is 0 Å². The molecule has 0 fully saturated rings. The van der Waals surface area contributed by atoms with Gasteiger partial charge in [-0.05, 0) is 49.3 Å². The van der Waals surface area contributed by atoms with Gasteiger partial charge < -0.3 is 50.8 Å². The minimum Gasteiger partial charge on any atom is -0.456 e. The number of hydrogen-bond donors (Lipinski definition) is 7. The summed E-state index contributed by atoms with van der Waals surface area (Å²) < 4.78 is 8.56. The molecule has 16 nitrogen and oxygen atoms in total. The van der Waals surface area contributed by atoms with Crippen LogP contribution in [0.1, 0.15) is 55.9 Å². The van der Waals surface area contributed by atoms with E-state index >= 15 is 0 Å². The molecule has 0 saturated carbocycles. The Labute approximate surface area is 288 Å². The van der Waals surface area contributed by atoms with Crippen molar-refractivity contribution in [2.75, 3.05) is 42.6 Å². The van der Waals surface area contributed by atoms with Gasteiger partial charge in [-0.3, -0.25) is 24.0 Å². The van der Waals surface area contributed by atoms with Crippen LogP contribution in [0.3, 0.4) is 0 Å². The second kappa shape index (κ2) is 17.3. The number of hydrogen-bond acceptors (Lipinski definition) is 8. The topological polar surface area (TPSA) is 209 Å². The van der Waals surface area contributed by atoms with E-state index in [0.29, 0.717) is 34.9 Å².